The van der Waals surface area contributed by atoms with E-state index in [1.807, 2.05) is 0 Å². The summed E-state index contributed by atoms with van der Waals surface area (Å²) in [5, 5.41) is 0. The van der Waals surface area contributed by atoms with E-state index in [-0.39, 0.29) is 17.0 Å². The molecule has 0 saturated heterocycles. The van der Waals surface area contributed by atoms with E-state index in [0.29, 0.717) is 0 Å². The molecule has 0 fully saturated rings. The number of nitrogens with zero attached hydrogens (tertiary/aromatic N) is 1. The van der Waals surface area contributed by atoms with Gasteiger partial charge in [-0.25, -0.2) is 4.39 Å². The van der Waals surface area contributed by atoms with Crippen LogP contribution in [0.1, 0.15) is 30.9 Å². The fourth-order valence-corrected chi connectivity index (χ4v) is 1.53. The Hall–Kier alpha value is -0.630. The Labute approximate surface area is 82.9 Å². The summed E-state index contributed by atoms with van der Waals surface area (Å²) in [5.41, 5.74) is -3.47. The van der Waals surface area contributed by atoms with Gasteiger partial charge in [0.25, 0.3) is 5.66 Å². The molecule has 1 nitrogen and oxygen atoms in total. The van der Waals surface area contributed by atoms with Gasteiger partial charge >= 0.3 is 0 Å². The van der Waals surface area contributed by atoms with Gasteiger partial charge in [0.05, 0.1) is 6.20 Å². The van der Waals surface area contributed by atoms with Crippen LogP contribution in [0, 0.1) is 5.82 Å². The van der Waals surface area contributed by atoms with Gasteiger partial charge in [-0.05, 0) is 5.92 Å². The Balaban J connectivity index is 3.36. The summed E-state index contributed by atoms with van der Waals surface area (Å²) in [6.45, 7) is 3.33. The normalized spacial score (nSPS) is 12.2. The zero-order chi connectivity index (χ0) is 10.9. The van der Waals surface area contributed by atoms with E-state index >= 15 is 0 Å². The van der Waals surface area contributed by atoms with Crippen LogP contribution in [-0.4, -0.2) is 4.98 Å². The second-order valence-electron chi connectivity index (χ2n) is 3.36. The van der Waals surface area contributed by atoms with E-state index in [4.69, 9.17) is 0 Å². The van der Waals surface area contributed by atoms with Crippen molar-refractivity contribution in [2.75, 3.05) is 0 Å². The third-order valence-electron chi connectivity index (χ3n) is 1.88. The summed E-state index contributed by atoms with van der Waals surface area (Å²) in [7, 11) is 1.39. The predicted octanol–water partition coefficient (Wildman–Crippen LogP) is 3.27. The monoisotopic (exact) mass is 221 g/mol. The number of hydrogen-bond donors (Lipinski definition) is 0. The van der Waals surface area contributed by atoms with E-state index in [2.05, 4.69) is 4.98 Å². The van der Waals surface area contributed by atoms with Crippen molar-refractivity contribution in [3.05, 3.63) is 29.3 Å². The van der Waals surface area contributed by atoms with Gasteiger partial charge in [0, 0.05) is 17.3 Å². The molecule has 0 aliphatic rings. The molecule has 14 heavy (non-hydrogen) atoms. The van der Waals surface area contributed by atoms with Gasteiger partial charge in [-0.1, -0.05) is 23.1 Å². The first-order valence-corrected chi connectivity index (χ1v) is 4.72. The lowest BCUT2D eigenvalue weighted by Gasteiger charge is -2.17. The highest BCUT2D eigenvalue weighted by molar-refractivity contribution is 7.17. The molecule has 5 heteroatoms. The van der Waals surface area contributed by atoms with Gasteiger partial charge in [0.2, 0.25) is 0 Å². The van der Waals surface area contributed by atoms with Crippen molar-refractivity contribution in [2.45, 2.75) is 25.4 Å². The van der Waals surface area contributed by atoms with Crippen LogP contribution in [0.4, 0.5) is 13.2 Å². The van der Waals surface area contributed by atoms with Gasteiger partial charge < -0.3 is 0 Å². The molecule has 0 saturated carbocycles. The van der Waals surface area contributed by atoms with Crippen LogP contribution in [0.5, 0.6) is 0 Å². The number of halogens is 3. The van der Waals surface area contributed by atoms with E-state index in [9.17, 15) is 13.2 Å². The van der Waals surface area contributed by atoms with Crippen molar-refractivity contribution >= 4 is 9.24 Å². The minimum Gasteiger partial charge on any atom is -0.261 e. The molecule has 0 amide bonds. The molecular formula is C9H11F3NP. The Kier molecular flexibility index (Phi) is 3.15. The van der Waals surface area contributed by atoms with Crippen LogP contribution in [0.25, 0.3) is 0 Å². The average Bonchev–Trinajstić information content (AvgIpc) is 2.01. The fourth-order valence-electron chi connectivity index (χ4n) is 1.30. The summed E-state index contributed by atoms with van der Waals surface area (Å²) in [5.74, 6) is -0.973. The number of rotatable bonds is 2. The number of hydrogen-bond acceptors (Lipinski definition) is 1. The zero-order valence-corrected chi connectivity index (χ0v) is 9.05. The van der Waals surface area contributed by atoms with Crippen LogP contribution in [0.3, 0.4) is 0 Å². The maximum absolute atomic E-state index is 13.2. The molecule has 0 aliphatic heterocycles. The highest BCUT2D eigenvalue weighted by Gasteiger charge is 2.30. The molecule has 1 aromatic rings. The fraction of sp³-hybridized carbons (Fsp3) is 0.444. The van der Waals surface area contributed by atoms with Crippen molar-refractivity contribution in [3.8, 4) is 0 Å². The van der Waals surface area contributed by atoms with Gasteiger partial charge in [-0.3, -0.25) is 4.98 Å². The quantitative estimate of drug-likeness (QED) is 0.698. The predicted molar refractivity (Wildman–Crippen MR) is 51.9 cm³/mol. The molecule has 78 valence electrons. The first-order valence-electron chi connectivity index (χ1n) is 4.14. The highest BCUT2D eigenvalue weighted by atomic mass is 31.0. The molecule has 1 unspecified atom stereocenters. The Morgan fingerprint density at radius 1 is 1.36 bits per heavy atom. The van der Waals surface area contributed by atoms with Crippen LogP contribution in [0.2, 0.25) is 0 Å². The van der Waals surface area contributed by atoms with Gasteiger partial charge in [0.1, 0.15) is 5.82 Å². The minimum absolute atomic E-state index is 0.0278. The summed E-state index contributed by atoms with van der Waals surface area (Å²) < 4.78 is 39.2. The number of alkyl halides is 2. The molecule has 1 heterocycles. The van der Waals surface area contributed by atoms with Gasteiger partial charge in [0.15, 0.2) is 0 Å². The summed E-state index contributed by atoms with van der Waals surface area (Å²) in [4.78, 5) is 3.43. The van der Waals surface area contributed by atoms with E-state index in [1.54, 1.807) is 13.8 Å². The number of pyridine rings is 1. The Bertz CT molecular complexity index is 333. The van der Waals surface area contributed by atoms with Crippen molar-refractivity contribution in [1.82, 2.24) is 4.98 Å². The maximum atomic E-state index is 13.2. The highest BCUT2D eigenvalue weighted by Crippen LogP contribution is 2.39. The smallest absolute Gasteiger partial charge is 0.261 e. The largest absolute Gasteiger partial charge is 0.285 e. The van der Waals surface area contributed by atoms with Gasteiger partial charge in [-0.2, -0.15) is 8.78 Å². The first kappa shape index (κ1) is 11.4. The molecular weight excluding hydrogens is 210 g/mol. The average molecular weight is 221 g/mol. The standard InChI is InChI=1S/C9H11F3NP/c1-5(2)8-6(9(11,12)14)3-13-4-7(8)10/h3-5H,14H2,1-2H3. The maximum Gasteiger partial charge on any atom is 0.285 e. The SMILES string of the molecule is CC(C)c1c(F)cncc1C(F)(F)P. The van der Waals surface area contributed by atoms with Crippen LogP contribution < -0.4 is 0 Å². The molecule has 0 aliphatic carbocycles. The van der Waals surface area contributed by atoms with E-state index < -0.39 is 11.5 Å². The van der Waals surface area contributed by atoms with Crippen molar-refractivity contribution in [3.63, 3.8) is 0 Å². The van der Waals surface area contributed by atoms with Crippen molar-refractivity contribution < 1.29 is 13.2 Å². The molecule has 1 aromatic heterocycles. The lowest BCUT2D eigenvalue weighted by Crippen LogP contribution is -2.11. The second-order valence-corrected chi connectivity index (χ2v) is 4.09. The molecule has 0 radical (unpaired) electrons. The van der Waals surface area contributed by atoms with Gasteiger partial charge in [-0.15, -0.1) is 0 Å². The van der Waals surface area contributed by atoms with Crippen LogP contribution >= 0.6 is 9.24 Å². The second kappa shape index (κ2) is 3.85. The topological polar surface area (TPSA) is 12.9 Å². The van der Waals surface area contributed by atoms with Crippen LogP contribution in [0.15, 0.2) is 12.4 Å². The van der Waals surface area contributed by atoms with Crippen molar-refractivity contribution in [2.24, 2.45) is 0 Å². The molecule has 0 N–H and O–H groups in total. The van der Waals surface area contributed by atoms with Crippen molar-refractivity contribution in [1.29, 1.82) is 0 Å². The Morgan fingerprint density at radius 2 is 1.93 bits per heavy atom. The third kappa shape index (κ3) is 2.24. The summed E-state index contributed by atoms with van der Waals surface area (Å²) >= 11 is 0. The molecule has 0 aromatic carbocycles. The molecule has 1 rings (SSSR count). The molecule has 0 bridgehead atoms. The molecule has 1 atom stereocenters. The van der Waals surface area contributed by atoms with Crippen LogP contribution in [-0.2, 0) is 5.66 Å². The zero-order valence-electron chi connectivity index (χ0n) is 7.89. The Morgan fingerprint density at radius 3 is 2.29 bits per heavy atom. The van der Waals surface area contributed by atoms with E-state index in [1.165, 1.54) is 9.24 Å². The third-order valence-corrected chi connectivity index (χ3v) is 2.19. The van der Waals surface area contributed by atoms with E-state index in [0.717, 1.165) is 12.4 Å². The lowest BCUT2D eigenvalue weighted by molar-refractivity contribution is 0.101. The summed E-state index contributed by atoms with van der Waals surface area (Å²) in [6.07, 6.45) is 1.96. The summed E-state index contributed by atoms with van der Waals surface area (Å²) in [6, 6.07) is 0. The molecule has 0 spiro atoms. The lowest BCUT2D eigenvalue weighted by atomic mass is 9.99. The number of aromatic nitrogens is 1. The first-order chi connectivity index (χ1) is 6.34. The minimum atomic E-state index is -3.13.